The quantitative estimate of drug-likeness (QED) is 0.324. The zero-order chi connectivity index (χ0) is 13.1. The van der Waals surface area contributed by atoms with E-state index in [1.165, 1.54) is 38.5 Å². The number of hydrogen-bond acceptors (Lipinski definition) is 2. The molecule has 17 heavy (non-hydrogen) atoms. The van der Waals surface area contributed by atoms with Gasteiger partial charge in [-0.25, -0.2) is 0 Å². The highest BCUT2D eigenvalue weighted by Crippen LogP contribution is 2.15. The van der Waals surface area contributed by atoms with Gasteiger partial charge in [0.25, 0.3) is 0 Å². The zero-order valence-electron chi connectivity index (χ0n) is 11.6. The number of carbonyl (C=O) groups is 1. The van der Waals surface area contributed by atoms with Gasteiger partial charge in [0, 0.05) is 0 Å². The third-order valence-electron chi connectivity index (χ3n) is 2.72. The Balaban J connectivity index is 3.22. The van der Waals surface area contributed by atoms with Crippen molar-refractivity contribution in [1.82, 2.24) is 0 Å². The van der Waals surface area contributed by atoms with Crippen LogP contribution in [0.4, 0.5) is 0 Å². The Morgan fingerprint density at radius 1 is 1.00 bits per heavy atom. The molecule has 0 aliphatic heterocycles. The molecule has 0 radical (unpaired) electrons. The fourth-order valence-corrected chi connectivity index (χ4v) is 1.63. The predicted octanol–water partition coefficient (Wildman–Crippen LogP) is 4.69. The molecular formula is C14H27ClO2. The molecule has 0 heterocycles. The normalized spacial score (nSPS) is 11.5. The molecule has 0 aromatic rings. The fourth-order valence-electron chi connectivity index (χ4n) is 1.57. The van der Waals surface area contributed by atoms with Gasteiger partial charge >= 0.3 is 5.97 Å². The lowest BCUT2D eigenvalue weighted by Crippen LogP contribution is -2.27. The lowest BCUT2D eigenvalue weighted by molar-refractivity contribution is -0.146. The number of rotatable bonds is 10. The van der Waals surface area contributed by atoms with Crippen LogP contribution in [0.5, 0.6) is 0 Å². The van der Waals surface area contributed by atoms with Gasteiger partial charge in [-0.1, -0.05) is 51.9 Å². The van der Waals surface area contributed by atoms with Crippen LogP contribution in [0.25, 0.3) is 0 Å². The van der Waals surface area contributed by atoms with E-state index >= 15 is 0 Å². The van der Waals surface area contributed by atoms with Crippen LogP contribution in [0, 0.1) is 0 Å². The SMILES string of the molecule is CCCCCCCCCCOC(=O)C(C)(C)Cl. The van der Waals surface area contributed by atoms with Gasteiger partial charge in [-0.2, -0.15) is 0 Å². The molecule has 0 saturated heterocycles. The molecule has 0 aromatic heterocycles. The van der Waals surface area contributed by atoms with Gasteiger partial charge < -0.3 is 4.74 Å². The summed E-state index contributed by atoms with van der Waals surface area (Å²) < 4.78 is 5.08. The number of halogens is 1. The van der Waals surface area contributed by atoms with Gasteiger partial charge in [-0.15, -0.1) is 11.6 Å². The van der Waals surface area contributed by atoms with Crippen molar-refractivity contribution in [3.05, 3.63) is 0 Å². The molecule has 0 aromatic carbocycles. The smallest absolute Gasteiger partial charge is 0.326 e. The monoisotopic (exact) mass is 262 g/mol. The van der Waals surface area contributed by atoms with Crippen molar-refractivity contribution in [3.8, 4) is 0 Å². The average Bonchev–Trinajstić information content (AvgIpc) is 2.25. The van der Waals surface area contributed by atoms with Crippen molar-refractivity contribution in [1.29, 1.82) is 0 Å². The highest BCUT2D eigenvalue weighted by molar-refractivity contribution is 6.33. The molecular weight excluding hydrogens is 236 g/mol. The maximum Gasteiger partial charge on any atom is 0.326 e. The Hall–Kier alpha value is -0.240. The van der Waals surface area contributed by atoms with Crippen molar-refractivity contribution < 1.29 is 9.53 Å². The third-order valence-corrected chi connectivity index (χ3v) is 2.87. The highest BCUT2D eigenvalue weighted by Gasteiger charge is 2.25. The van der Waals surface area contributed by atoms with E-state index in [1.54, 1.807) is 13.8 Å². The third kappa shape index (κ3) is 10.6. The van der Waals surface area contributed by atoms with Crippen molar-refractivity contribution in [2.75, 3.05) is 6.61 Å². The summed E-state index contributed by atoms with van der Waals surface area (Å²) in [5, 5.41) is 0. The predicted molar refractivity (Wildman–Crippen MR) is 73.5 cm³/mol. The van der Waals surface area contributed by atoms with Crippen LogP contribution < -0.4 is 0 Å². The summed E-state index contributed by atoms with van der Waals surface area (Å²) in [5.74, 6) is -0.317. The Bertz CT molecular complexity index is 197. The molecule has 3 heteroatoms. The summed E-state index contributed by atoms with van der Waals surface area (Å²) >= 11 is 5.82. The summed E-state index contributed by atoms with van der Waals surface area (Å²) in [4.78, 5) is 10.4. The maximum absolute atomic E-state index is 11.3. The van der Waals surface area contributed by atoms with Gasteiger partial charge in [-0.3, -0.25) is 4.79 Å². The second-order valence-electron chi connectivity index (χ2n) is 5.08. The molecule has 0 bridgehead atoms. The Labute approximate surface area is 111 Å². The Morgan fingerprint density at radius 3 is 1.94 bits per heavy atom. The van der Waals surface area contributed by atoms with E-state index < -0.39 is 4.87 Å². The molecule has 0 spiro atoms. The minimum atomic E-state index is -0.889. The van der Waals surface area contributed by atoms with Crippen LogP contribution in [-0.4, -0.2) is 17.5 Å². The van der Waals surface area contributed by atoms with E-state index in [-0.39, 0.29) is 5.97 Å². The maximum atomic E-state index is 11.3. The van der Waals surface area contributed by atoms with E-state index in [2.05, 4.69) is 6.92 Å². The molecule has 0 saturated carbocycles. The first-order valence-corrected chi connectivity index (χ1v) is 7.22. The molecule has 102 valence electrons. The molecule has 0 N–H and O–H groups in total. The molecule has 0 fully saturated rings. The largest absolute Gasteiger partial charge is 0.464 e. The average molecular weight is 263 g/mol. The van der Waals surface area contributed by atoms with Crippen LogP contribution >= 0.6 is 11.6 Å². The topological polar surface area (TPSA) is 26.3 Å². The Kier molecular flexibility index (Phi) is 9.62. The number of ether oxygens (including phenoxy) is 1. The summed E-state index contributed by atoms with van der Waals surface area (Å²) in [6, 6.07) is 0. The fraction of sp³-hybridized carbons (Fsp3) is 0.929. The van der Waals surface area contributed by atoms with Gasteiger partial charge in [0.05, 0.1) is 6.61 Å². The molecule has 0 amide bonds. The van der Waals surface area contributed by atoms with E-state index in [0.717, 1.165) is 12.8 Å². The molecule has 0 atom stereocenters. The second-order valence-corrected chi connectivity index (χ2v) is 6.03. The number of hydrogen-bond donors (Lipinski definition) is 0. The molecule has 0 unspecified atom stereocenters. The minimum absolute atomic E-state index is 0.317. The van der Waals surface area contributed by atoms with Gasteiger partial charge in [0.2, 0.25) is 0 Å². The van der Waals surface area contributed by atoms with Crippen molar-refractivity contribution >= 4 is 17.6 Å². The van der Waals surface area contributed by atoms with E-state index in [1.807, 2.05) is 0 Å². The lowest BCUT2D eigenvalue weighted by atomic mass is 10.1. The number of unbranched alkanes of at least 4 members (excludes halogenated alkanes) is 7. The van der Waals surface area contributed by atoms with Crippen molar-refractivity contribution in [3.63, 3.8) is 0 Å². The highest BCUT2D eigenvalue weighted by atomic mass is 35.5. The van der Waals surface area contributed by atoms with Crippen LogP contribution in [0.2, 0.25) is 0 Å². The summed E-state index contributed by atoms with van der Waals surface area (Å²) in [5.41, 5.74) is 0. The van der Waals surface area contributed by atoms with Crippen LogP contribution in [0.3, 0.4) is 0 Å². The number of carbonyl (C=O) groups excluding carboxylic acids is 1. The van der Waals surface area contributed by atoms with E-state index in [0.29, 0.717) is 6.61 Å². The van der Waals surface area contributed by atoms with E-state index in [9.17, 15) is 4.79 Å². The second kappa shape index (κ2) is 9.76. The lowest BCUT2D eigenvalue weighted by Gasteiger charge is -2.14. The first-order chi connectivity index (χ1) is 7.98. The van der Waals surface area contributed by atoms with Crippen LogP contribution in [-0.2, 0) is 9.53 Å². The molecule has 0 rings (SSSR count). The minimum Gasteiger partial charge on any atom is -0.464 e. The Morgan fingerprint density at radius 2 is 1.47 bits per heavy atom. The first-order valence-electron chi connectivity index (χ1n) is 6.84. The molecule has 0 aliphatic rings. The first kappa shape index (κ1) is 16.8. The summed E-state index contributed by atoms with van der Waals surface area (Å²) in [7, 11) is 0. The van der Waals surface area contributed by atoms with Gasteiger partial charge in [-0.05, 0) is 20.3 Å². The summed E-state index contributed by atoms with van der Waals surface area (Å²) in [6.07, 6.45) is 9.97. The number of alkyl halides is 1. The standard InChI is InChI=1S/C14H27ClO2/c1-4-5-6-7-8-9-10-11-12-17-13(16)14(2,3)15/h4-12H2,1-3H3. The van der Waals surface area contributed by atoms with Crippen LogP contribution in [0.1, 0.15) is 72.1 Å². The van der Waals surface area contributed by atoms with Gasteiger partial charge in [0.1, 0.15) is 4.87 Å². The van der Waals surface area contributed by atoms with Crippen LogP contribution in [0.15, 0.2) is 0 Å². The molecule has 2 nitrogen and oxygen atoms in total. The van der Waals surface area contributed by atoms with Gasteiger partial charge in [0.15, 0.2) is 0 Å². The van der Waals surface area contributed by atoms with Crippen molar-refractivity contribution in [2.24, 2.45) is 0 Å². The number of esters is 1. The molecule has 0 aliphatic carbocycles. The zero-order valence-corrected chi connectivity index (χ0v) is 12.3. The summed E-state index contributed by atoms with van der Waals surface area (Å²) in [6.45, 7) is 6.05. The van der Waals surface area contributed by atoms with E-state index in [4.69, 9.17) is 16.3 Å². The van der Waals surface area contributed by atoms with Crippen molar-refractivity contribution in [2.45, 2.75) is 77.0 Å².